The number of nitriles is 1. The van der Waals surface area contributed by atoms with E-state index in [0.717, 1.165) is 6.54 Å². The topological polar surface area (TPSA) is 27.0 Å². The third kappa shape index (κ3) is 20.2. The van der Waals surface area contributed by atoms with Gasteiger partial charge in [0.05, 0.1) is 11.4 Å². The summed E-state index contributed by atoms with van der Waals surface area (Å²) in [6.45, 7) is 13.8. The second-order valence-corrected chi connectivity index (χ2v) is 4.15. The van der Waals surface area contributed by atoms with Crippen molar-refractivity contribution in [3.05, 3.63) is 0 Å². The van der Waals surface area contributed by atoms with Crippen molar-refractivity contribution in [2.45, 2.75) is 53.6 Å². The van der Waals surface area contributed by atoms with Gasteiger partial charge in [-0.1, -0.05) is 6.92 Å². The van der Waals surface area contributed by atoms with Gasteiger partial charge in [-0.15, -0.1) is 23.2 Å². The largest absolute Gasteiger partial charge is 0.299 e. The average molecular weight is 255 g/mol. The SMILES string of the molecule is CC#N.CCN(C(C)C)C(C)C.ClCCl. The molecule has 0 aliphatic rings. The monoisotopic (exact) mass is 254 g/mol. The van der Waals surface area contributed by atoms with Crippen molar-refractivity contribution in [2.24, 2.45) is 0 Å². The summed E-state index contributed by atoms with van der Waals surface area (Å²) < 4.78 is 0. The first kappa shape index (κ1) is 20.4. The first-order valence-corrected chi connectivity index (χ1v) is 6.18. The van der Waals surface area contributed by atoms with Crippen LogP contribution in [0.5, 0.6) is 0 Å². The number of hydrogen-bond acceptors (Lipinski definition) is 2. The van der Waals surface area contributed by atoms with E-state index in [9.17, 15) is 0 Å². The molecule has 0 saturated heterocycles. The third-order valence-electron chi connectivity index (χ3n) is 1.69. The summed E-state index contributed by atoms with van der Waals surface area (Å²) in [7, 11) is 0. The van der Waals surface area contributed by atoms with E-state index in [1.54, 1.807) is 6.07 Å². The molecule has 0 aromatic rings. The molecule has 4 heteroatoms. The molecule has 0 atom stereocenters. The normalized spacial score (nSPS) is 8.93. The molecule has 92 valence electrons. The van der Waals surface area contributed by atoms with Crippen LogP contribution >= 0.6 is 23.2 Å². The molecule has 0 heterocycles. The van der Waals surface area contributed by atoms with Gasteiger partial charge in [0, 0.05) is 19.0 Å². The molecular formula is C11H24Cl2N2. The molecule has 0 amide bonds. The van der Waals surface area contributed by atoms with Gasteiger partial charge >= 0.3 is 0 Å². The summed E-state index contributed by atoms with van der Waals surface area (Å²) >= 11 is 9.53. The van der Waals surface area contributed by atoms with Crippen LogP contribution in [-0.2, 0) is 0 Å². The minimum Gasteiger partial charge on any atom is -0.299 e. The highest BCUT2D eigenvalue weighted by atomic mass is 35.5. The Labute approximate surface area is 105 Å². The predicted molar refractivity (Wildman–Crippen MR) is 70.5 cm³/mol. The Morgan fingerprint density at radius 2 is 1.33 bits per heavy atom. The maximum absolute atomic E-state index is 7.32. The third-order valence-corrected chi connectivity index (χ3v) is 1.69. The van der Waals surface area contributed by atoms with Crippen molar-refractivity contribution < 1.29 is 0 Å². The van der Waals surface area contributed by atoms with Gasteiger partial charge < -0.3 is 0 Å². The molecule has 0 aliphatic heterocycles. The lowest BCUT2D eigenvalue weighted by Gasteiger charge is -2.28. The zero-order chi connectivity index (χ0) is 12.9. The lowest BCUT2D eigenvalue weighted by Crippen LogP contribution is -2.36. The molecule has 0 aromatic heterocycles. The smallest absolute Gasteiger partial charge is 0.0967 e. The number of nitrogens with zero attached hydrogens (tertiary/aromatic N) is 2. The van der Waals surface area contributed by atoms with Gasteiger partial charge in [0.2, 0.25) is 0 Å². The van der Waals surface area contributed by atoms with E-state index < -0.39 is 0 Å². The molecule has 0 radical (unpaired) electrons. The molecule has 0 bridgehead atoms. The Hall–Kier alpha value is 0.0300. The highest BCUT2D eigenvalue weighted by molar-refractivity contribution is 6.40. The number of rotatable bonds is 3. The lowest BCUT2D eigenvalue weighted by atomic mass is 10.2. The van der Waals surface area contributed by atoms with Gasteiger partial charge in [0.1, 0.15) is 0 Å². The van der Waals surface area contributed by atoms with E-state index in [0.29, 0.717) is 12.1 Å². The predicted octanol–water partition coefficient (Wildman–Crippen LogP) is 4.08. The zero-order valence-corrected chi connectivity index (χ0v) is 12.2. The van der Waals surface area contributed by atoms with Crippen LogP contribution in [0.4, 0.5) is 0 Å². The summed E-state index contributed by atoms with van der Waals surface area (Å²) in [4.78, 5) is 2.46. The van der Waals surface area contributed by atoms with E-state index >= 15 is 0 Å². The standard InChI is InChI=1S/C8H19N.C2H3N.CH2Cl2/c1-6-9(7(2)3)8(4)5;1-2-3;2-1-3/h7-8H,6H2,1-5H3;1H3;1H2. The maximum Gasteiger partial charge on any atom is 0.0967 e. The van der Waals surface area contributed by atoms with E-state index in [-0.39, 0.29) is 5.34 Å². The van der Waals surface area contributed by atoms with Crippen LogP contribution in [-0.4, -0.2) is 28.9 Å². The lowest BCUT2D eigenvalue weighted by molar-refractivity contribution is 0.185. The van der Waals surface area contributed by atoms with Gasteiger partial charge in [-0.3, -0.25) is 4.90 Å². The highest BCUT2D eigenvalue weighted by Crippen LogP contribution is 2.02. The summed E-state index contributed by atoms with van der Waals surface area (Å²) in [5.41, 5.74) is 0. The van der Waals surface area contributed by atoms with Crippen molar-refractivity contribution in [1.82, 2.24) is 4.90 Å². The molecular weight excluding hydrogens is 231 g/mol. The molecule has 0 spiro atoms. The highest BCUT2D eigenvalue weighted by Gasteiger charge is 2.08. The molecule has 0 unspecified atom stereocenters. The summed E-state index contributed by atoms with van der Waals surface area (Å²) in [6, 6.07) is 3.13. The molecule has 15 heavy (non-hydrogen) atoms. The quantitative estimate of drug-likeness (QED) is 0.710. The molecule has 0 fully saturated rings. The van der Waals surface area contributed by atoms with Gasteiger partial charge in [-0.05, 0) is 34.2 Å². The van der Waals surface area contributed by atoms with Gasteiger partial charge in [-0.25, -0.2) is 0 Å². The number of hydrogen-bond donors (Lipinski definition) is 0. The summed E-state index contributed by atoms with van der Waals surface area (Å²) in [5.74, 6) is 0. The fourth-order valence-corrected chi connectivity index (χ4v) is 1.33. The van der Waals surface area contributed by atoms with Gasteiger partial charge in [-0.2, -0.15) is 5.26 Å². The van der Waals surface area contributed by atoms with Gasteiger partial charge in [0.25, 0.3) is 0 Å². The van der Waals surface area contributed by atoms with E-state index in [2.05, 4.69) is 39.5 Å². The van der Waals surface area contributed by atoms with E-state index in [1.165, 1.54) is 6.92 Å². The molecule has 0 aliphatic carbocycles. The maximum atomic E-state index is 7.32. The minimum atomic E-state index is 0.194. The van der Waals surface area contributed by atoms with Crippen LogP contribution in [0.3, 0.4) is 0 Å². The van der Waals surface area contributed by atoms with Crippen molar-refractivity contribution >= 4 is 23.2 Å². The van der Waals surface area contributed by atoms with Crippen molar-refractivity contribution in [2.75, 3.05) is 11.9 Å². The molecule has 0 saturated carbocycles. The van der Waals surface area contributed by atoms with Crippen LogP contribution in [0, 0.1) is 11.3 Å². The molecule has 0 aromatic carbocycles. The van der Waals surface area contributed by atoms with Crippen molar-refractivity contribution in [1.29, 1.82) is 5.26 Å². The first-order valence-electron chi connectivity index (χ1n) is 5.11. The average Bonchev–Trinajstić information content (AvgIpc) is 2.06. The number of alkyl halides is 2. The summed E-state index contributed by atoms with van der Waals surface area (Å²) in [6.07, 6.45) is 0. The van der Waals surface area contributed by atoms with E-state index in [4.69, 9.17) is 28.5 Å². The Morgan fingerprint density at radius 1 is 1.13 bits per heavy atom. The molecule has 2 nitrogen and oxygen atoms in total. The second-order valence-electron chi connectivity index (χ2n) is 3.34. The summed E-state index contributed by atoms with van der Waals surface area (Å²) in [5, 5.41) is 7.51. The second kappa shape index (κ2) is 16.5. The fraction of sp³-hybridized carbons (Fsp3) is 0.909. The molecule has 0 rings (SSSR count). The Bertz CT molecular complexity index is 134. The molecule has 0 N–H and O–H groups in total. The van der Waals surface area contributed by atoms with Crippen LogP contribution in [0.1, 0.15) is 41.5 Å². The van der Waals surface area contributed by atoms with Crippen LogP contribution in [0.15, 0.2) is 0 Å². The Kier molecular flexibility index (Phi) is 22.4. The fourth-order valence-electron chi connectivity index (χ4n) is 1.33. The van der Waals surface area contributed by atoms with Crippen LogP contribution < -0.4 is 0 Å². The van der Waals surface area contributed by atoms with Gasteiger partial charge in [0.15, 0.2) is 0 Å². The van der Waals surface area contributed by atoms with Crippen LogP contribution in [0.25, 0.3) is 0 Å². The minimum absolute atomic E-state index is 0.194. The first-order chi connectivity index (χ1) is 6.92. The van der Waals surface area contributed by atoms with E-state index in [1.807, 2.05) is 0 Å². The van der Waals surface area contributed by atoms with Crippen molar-refractivity contribution in [3.63, 3.8) is 0 Å². The zero-order valence-electron chi connectivity index (χ0n) is 10.7. The van der Waals surface area contributed by atoms with Crippen molar-refractivity contribution in [3.8, 4) is 6.07 Å². The number of halogens is 2. The van der Waals surface area contributed by atoms with Crippen LogP contribution in [0.2, 0.25) is 0 Å². The Morgan fingerprint density at radius 3 is 1.33 bits per heavy atom. The Balaban J connectivity index is -0.000000200.